The molecule has 2 rings (SSSR count). The number of amides is 1. The summed E-state index contributed by atoms with van der Waals surface area (Å²) in [6, 6.07) is 4.54. The molecule has 0 aliphatic heterocycles. The average molecular weight is 494 g/mol. The third-order valence-electron chi connectivity index (χ3n) is 5.55. The summed E-state index contributed by atoms with van der Waals surface area (Å²) in [6.07, 6.45) is 1.08. The van der Waals surface area contributed by atoms with Gasteiger partial charge in [-0.2, -0.15) is 0 Å². The number of H-pyrrole nitrogens is 1. The smallest absolute Gasteiger partial charge is 0.258 e. The van der Waals surface area contributed by atoms with Crippen molar-refractivity contribution in [2.45, 2.75) is 66.7 Å². The number of hydrogen-bond acceptors (Lipinski definition) is 9. The molecule has 0 aliphatic carbocycles. The Labute approximate surface area is 205 Å². The first-order valence-corrected chi connectivity index (χ1v) is 11.3. The van der Waals surface area contributed by atoms with Crippen LogP contribution in [0.2, 0.25) is 0 Å². The molecule has 0 fully saturated rings. The zero-order chi connectivity index (χ0) is 25.5. The highest BCUT2D eigenvalue weighted by molar-refractivity contribution is 5.89. The summed E-state index contributed by atoms with van der Waals surface area (Å²) in [7, 11) is 0. The van der Waals surface area contributed by atoms with Crippen molar-refractivity contribution in [3.8, 4) is 0 Å². The van der Waals surface area contributed by atoms with Crippen LogP contribution in [-0.2, 0) is 25.8 Å². The molecule has 196 valence electrons. The Morgan fingerprint density at radius 1 is 1.23 bits per heavy atom. The van der Waals surface area contributed by atoms with Gasteiger partial charge in [0.1, 0.15) is 0 Å². The molecule has 3 atom stereocenters. The molecule has 1 amide bonds. The van der Waals surface area contributed by atoms with E-state index in [9.17, 15) is 14.4 Å². The number of aromatic amines is 1. The van der Waals surface area contributed by atoms with Crippen molar-refractivity contribution < 1.29 is 24.4 Å². The van der Waals surface area contributed by atoms with Gasteiger partial charge in [0, 0.05) is 0 Å². The molecule has 11 heteroatoms. The fourth-order valence-corrected chi connectivity index (χ4v) is 3.92. The van der Waals surface area contributed by atoms with Gasteiger partial charge in [-0.25, -0.2) is 4.98 Å². The molecule has 0 bridgehead atoms. The summed E-state index contributed by atoms with van der Waals surface area (Å²) in [5, 5.41) is 12.3. The molecule has 0 saturated carbocycles. The molecular formula is C24H39N5O6. The topological polar surface area (TPSA) is 178 Å². The lowest BCUT2D eigenvalue weighted by atomic mass is 9.83. The highest BCUT2D eigenvalue weighted by atomic mass is 16.8. The summed E-state index contributed by atoms with van der Waals surface area (Å²) >= 11 is 0. The van der Waals surface area contributed by atoms with Crippen LogP contribution in [0.15, 0.2) is 29.3 Å². The van der Waals surface area contributed by atoms with Crippen molar-refractivity contribution in [1.29, 1.82) is 0 Å². The summed E-state index contributed by atoms with van der Waals surface area (Å²) < 4.78 is 6.08. The Morgan fingerprint density at radius 2 is 1.91 bits per heavy atom. The molecule has 7 N–H and O–H groups in total. The molecular weight excluding hydrogens is 454 g/mol. The van der Waals surface area contributed by atoms with Crippen LogP contribution in [0.1, 0.15) is 53.5 Å². The van der Waals surface area contributed by atoms with Crippen molar-refractivity contribution in [2.24, 2.45) is 17.3 Å². The van der Waals surface area contributed by atoms with Gasteiger partial charge in [0.05, 0.1) is 48.5 Å². The number of fused-ring (bicyclic) bond motifs is 1. The highest BCUT2D eigenvalue weighted by Crippen LogP contribution is 2.24. The molecule has 1 unspecified atom stereocenters. The molecule has 0 aliphatic rings. The maximum absolute atomic E-state index is 13.3. The number of carbonyl (C=O) groups excluding carboxylic acids is 2. The molecule has 1 aromatic heterocycles. The lowest BCUT2D eigenvalue weighted by molar-refractivity contribution is -0.170. The molecule has 0 saturated heterocycles. The molecule has 2 aromatic rings. The van der Waals surface area contributed by atoms with Crippen molar-refractivity contribution >= 4 is 22.6 Å². The first-order chi connectivity index (χ1) is 15.9. The molecule has 1 heterocycles. The number of nitrogens with one attached hydrogen (secondary N) is 3. The standard InChI is InChI=1S/C24H36N4O6.H3N/c1-14(2)9-18(23(31)27-21(15(3)29)24(4,5)6)20(12-34-28-32)33-11-16-7-8-19-17(10-16)22(30)26-13-25-19;/h7-8,10,13-14,18,20-21,28,32H,9,11-12H2,1-6H3,(H,27,31)(H,25,26,30);1H3/t18-,20?,21-;/m1./s1. The monoisotopic (exact) mass is 493 g/mol. The second-order valence-corrected chi connectivity index (χ2v) is 9.99. The van der Waals surface area contributed by atoms with E-state index >= 15 is 0 Å². The minimum atomic E-state index is -0.738. The van der Waals surface area contributed by atoms with Gasteiger partial charge in [-0.3, -0.25) is 24.4 Å². The van der Waals surface area contributed by atoms with Gasteiger partial charge >= 0.3 is 0 Å². The van der Waals surface area contributed by atoms with Crippen molar-refractivity contribution in [3.63, 3.8) is 0 Å². The van der Waals surface area contributed by atoms with Crippen LogP contribution in [0.5, 0.6) is 0 Å². The van der Waals surface area contributed by atoms with Crippen LogP contribution in [0.25, 0.3) is 10.9 Å². The fraction of sp³-hybridized carbons (Fsp3) is 0.583. The Morgan fingerprint density at radius 3 is 2.49 bits per heavy atom. The molecule has 0 radical (unpaired) electrons. The van der Waals surface area contributed by atoms with Crippen LogP contribution in [-0.4, -0.2) is 45.6 Å². The fourth-order valence-electron chi connectivity index (χ4n) is 3.92. The van der Waals surface area contributed by atoms with Crippen molar-refractivity contribution in [1.82, 2.24) is 27.1 Å². The Hall–Kier alpha value is -2.70. The summed E-state index contributed by atoms with van der Waals surface area (Å²) in [6.45, 7) is 11.1. The number of aromatic nitrogens is 2. The van der Waals surface area contributed by atoms with E-state index in [1.54, 1.807) is 23.8 Å². The van der Waals surface area contributed by atoms with E-state index in [2.05, 4.69) is 15.3 Å². The van der Waals surface area contributed by atoms with Gasteiger partial charge in [0.15, 0.2) is 5.78 Å². The van der Waals surface area contributed by atoms with Crippen molar-refractivity contribution in [3.05, 3.63) is 40.4 Å². The van der Waals surface area contributed by atoms with Crippen molar-refractivity contribution in [2.75, 3.05) is 6.61 Å². The summed E-state index contributed by atoms with van der Waals surface area (Å²) in [5.41, 5.74) is 2.19. The maximum atomic E-state index is 13.3. The van der Waals surface area contributed by atoms with Gasteiger partial charge in [0.2, 0.25) is 5.91 Å². The third kappa shape index (κ3) is 8.79. The summed E-state index contributed by atoms with van der Waals surface area (Å²) in [4.78, 5) is 49.3. The number of nitrogens with zero attached hydrogens (tertiary/aromatic N) is 1. The number of ketones is 1. The van der Waals surface area contributed by atoms with E-state index in [1.807, 2.05) is 34.6 Å². The van der Waals surface area contributed by atoms with Crippen LogP contribution in [0.4, 0.5) is 0 Å². The Kier molecular flexibility index (Phi) is 11.6. The molecule has 0 spiro atoms. The van der Waals surface area contributed by atoms with E-state index in [-0.39, 0.29) is 42.5 Å². The van der Waals surface area contributed by atoms with E-state index in [0.717, 1.165) is 0 Å². The summed E-state index contributed by atoms with van der Waals surface area (Å²) in [5.74, 6) is -0.956. The van der Waals surface area contributed by atoms with Gasteiger partial charge in [0.25, 0.3) is 5.56 Å². The van der Waals surface area contributed by atoms with Crippen LogP contribution >= 0.6 is 0 Å². The van der Waals surface area contributed by atoms with E-state index < -0.39 is 23.5 Å². The maximum Gasteiger partial charge on any atom is 0.258 e. The highest BCUT2D eigenvalue weighted by Gasteiger charge is 2.36. The molecule has 11 nitrogen and oxygen atoms in total. The SMILES string of the molecule is CC(=O)[C@@H](NC(=O)[C@H](CC(C)C)C(CONO)OCc1ccc2nc[nH]c(=O)c2c1)C(C)(C)C.N. The van der Waals surface area contributed by atoms with Gasteiger partial charge in [-0.15, -0.1) is 0 Å². The van der Waals surface area contributed by atoms with E-state index in [4.69, 9.17) is 14.8 Å². The first-order valence-electron chi connectivity index (χ1n) is 11.3. The van der Waals surface area contributed by atoms with Crippen LogP contribution in [0, 0.1) is 17.3 Å². The quantitative estimate of drug-likeness (QED) is 0.278. The zero-order valence-corrected chi connectivity index (χ0v) is 21.4. The van der Waals surface area contributed by atoms with Gasteiger partial charge < -0.3 is 21.2 Å². The van der Waals surface area contributed by atoms with E-state index in [0.29, 0.717) is 22.9 Å². The van der Waals surface area contributed by atoms with E-state index in [1.165, 1.54) is 13.3 Å². The number of benzene rings is 1. The third-order valence-corrected chi connectivity index (χ3v) is 5.55. The number of hydrogen-bond donors (Lipinski definition) is 5. The largest absolute Gasteiger partial charge is 0.370 e. The number of rotatable bonds is 12. The van der Waals surface area contributed by atoms with Crippen LogP contribution < -0.4 is 22.7 Å². The number of carbonyl (C=O) groups is 2. The second-order valence-electron chi connectivity index (χ2n) is 9.99. The lowest BCUT2D eigenvalue weighted by Gasteiger charge is -2.33. The van der Waals surface area contributed by atoms with Crippen LogP contribution in [0.3, 0.4) is 0 Å². The Bertz CT molecular complexity index is 1030. The number of ether oxygens (including phenoxy) is 1. The lowest BCUT2D eigenvalue weighted by Crippen LogP contribution is -2.52. The molecule has 35 heavy (non-hydrogen) atoms. The Balaban J connectivity index is 0.00000612. The van der Waals surface area contributed by atoms with Gasteiger partial charge in [-0.1, -0.05) is 46.3 Å². The number of Topliss-reactive ketones (excluding diaryl/α,β-unsaturated/α-hetero) is 1. The average Bonchev–Trinajstić information content (AvgIpc) is 2.75. The zero-order valence-electron chi connectivity index (χ0n) is 21.4. The minimum Gasteiger partial charge on any atom is -0.370 e. The van der Waals surface area contributed by atoms with Gasteiger partial charge in [-0.05, 0) is 42.4 Å². The molecule has 1 aromatic carbocycles. The predicted octanol–water partition coefficient (Wildman–Crippen LogP) is 2.66. The first kappa shape index (κ1) is 30.3. The second kappa shape index (κ2) is 13.4. The normalized spacial score (nSPS) is 14.3. The predicted molar refractivity (Wildman–Crippen MR) is 132 cm³/mol. The minimum absolute atomic E-state index is 0.